The van der Waals surface area contributed by atoms with Crippen LogP contribution in [0.25, 0.3) is 0 Å². The average Bonchev–Trinajstić information content (AvgIpc) is 2.30. The van der Waals surface area contributed by atoms with Crippen molar-refractivity contribution in [2.45, 2.75) is 52.0 Å². The maximum absolute atomic E-state index is 6.47. The second-order valence-corrected chi connectivity index (χ2v) is 5.23. The van der Waals surface area contributed by atoms with Crippen LogP contribution in [0.5, 0.6) is 0 Å². The van der Waals surface area contributed by atoms with Gasteiger partial charge in [0.15, 0.2) is 0 Å². The van der Waals surface area contributed by atoms with Crippen LogP contribution >= 0.6 is 0 Å². The van der Waals surface area contributed by atoms with Gasteiger partial charge in [-0.05, 0) is 49.3 Å². The van der Waals surface area contributed by atoms with E-state index in [0.29, 0.717) is 5.92 Å². The van der Waals surface area contributed by atoms with Gasteiger partial charge >= 0.3 is 0 Å². The van der Waals surface area contributed by atoms with Crippen LogP contribution in [-0.2, 0) is 0 Å². The van der Waals surface area contributed by atoms with E-state index >= 15 is 0 Å². The molecule has 0 aromatic heterocycles. The summed E-state index contributed by atoms with van der Waals surface area (Å²) in [6.07, 6.45) is 6.76. The molecule has 1 aliphatic rings. The number of hydrogen-bond acceptors (Lipinski definition) is 1. The van der Waals surface area contributed by atoms with Crippen LogP contribution in [0.1, 0.15) is 54.8 Å². The van der Waals surface area contributed by atoms with Gasteiger partial charge in [-0.1, -0.05) is 37.5 Å². The molecule has 0 radical (unpaired) electrons. The van der Waals surface area contributed by atoms with E-state index in [4.69, 9.17) is 5.73 Å². The smallest absolute Gasteiger partial charge is 0.0328 e. The standard InChI is InChI=1S/C15H23N/c1-11-7-6-8-12(2)14(11)15(16)13-9-4-3-5-10-13/h6-8,13,15H,3-5,9-10,16H2,1-2H3/t15-/m1/s1. The van der Waals surface area contributed by atoms with Crippen molar-refractivity contribution < 1.29 is 0 Å². The quantitative estimate of drug-likeness (QED) is 0.799. The predicted molar refractivity (Wildman–Crippen MR) is 69.4 cm³/mol. The molecule has 0 saturated heterocycles. The topological polar surface area (TPSA) is 26.0 Å². The Morgan fingerprint density at radius 3 is 2.19 bits per heavy atom. The zero-order valence-corrected chi connectivity index (χ0v) is 10.5. The van der Waals surface area contributed by atoms with Gasteiger partial charge in [0.25, 0.3) is 0 Å². The molecule has 0 amide bonds. The van der Waals surface area contributed by atoms with E-state index < -0.39 is 0 Å². The molecule has 1 nitrogen and oxygen atoms in total. The molecule has 1 saturated carbocycles. The van der Waals surface area contributed by atoms with Gasteiger partial charge in [0.2, 0.25) is 0 Å². The number of aryl methyl sites for hydroxylation is 2. The normalized spacial score (nSPS) is 19.7. The lowest BCUT2D eigenvalue weighted by atomic mass is 9.79. The number of rotatable bonds is 2. The van der Waals surface area contributed by atoms with Crippen molar-refractivity contribution in [2.24, 2.45) is 11.7 Å². The Kier molecular flexibility index (Phi) is 3.65. The van der Waals surface area contributed by atoms with Crippen molar-refractivity contribution in [1.82, 2.24) is 0 Å². The minimum absolute atomic E-state index is 0.251. The Bertz CT molecular complexity index is 330. The Morgan fingerprint density at radius 2 is 1.62 bits per heavy atom. The zero-order chi connectivity index (χ0) is 11.5. The maximum Gasteiger partial charge on any atom is 0.0328 e. The van der Waals surface area contributed by atoms with Gasteiger partial charge in [-0.25, -0.2) is 0 Å². The second-order valence-electron chi connectivity index (χ2n) is 5.23. The first-order valence-electron chi connectivity index (χ1n) is 6.52. The first-order valence-corrected chi connectivity index (χ1v) is 6.52. The molecule has 16 heavy (non-hydrogen) atoms. The summed E-state index contributed by atoms with van der Waals surface area (Å²) in [6, 6.07) is 6.75. The van der Waals surface area contributed by atoms with Crippen LogP contribution in [-0.4, -0.2) is 0 Å². The molecule has 1 aromatic rings. The molecule has 88 valence electrons. The van der Waals surface area contributed by atoms with Gasteiger partial charge in [-0.3, -0.25) is 0 Å². The molecule has 1 atom stereocenters. The summed E-state index contributed by atoms with van der Waals surface area (Å²) < 4.78 is 0. The molecule has 2 N–H and O–H groups in total. The zero-order valence-electron chi connectivity index (χ0n) is 10.5. The summed E-state index contributed by atoms with van der Waals surface area (Å²) in [6.45, 7) is 4.37. The number of nitrogens with two attached hydrogens (primary N) is 1. The SMILES string of the molecule is Cc1cccc(C)c1[C@H](N)C1CCCCC1. The van der Waals surface area contributed by atoms with Gasteiger partial charge in [-0.15, -0.1) is 0 Å². The molecule has 1 fully saturated rings. The molecule has 1 aliphatic carbocycles. The highest BCUT2D eigenvalue weighted by atomic mass is 14.7. The summed E-state index contributed by atoms with van der Waals surface area (Å²) in [5.41, 5.74) is 10.6. The van der Waals surface area contributed by atoms with Gasteiger partial charge in [0.05, 0.1) is 0 Å². The highest BCUT2D eigenvalue weighted by molar-refractivity contribution is 5.36. The van der Waals surface area contributed by atoms with Crippen LogP contribution in [0.3, 0.4) is 0 Å². The lowest BCUT2D eigenvalue weighted by molar-refractivity contribution is 0.307. The monoisotopic (exact) mass is 217 g/mol. The minimum Gasteiger partial charge on any atom is -0.324 e. The molecule has 0 unspecified atom stereocenters. The Morgan fingerprint density at radius 1 is 1.06 bits per heavy atom. The van der Waals surface area contributed by atoms with E-state index in [0.717, 1.165) is 0 Å². The van der Waals surface area contributed by atoms with Gasteiger partial charge < -0.3 is 5.73 Å². The highest BCUT2D eigenvalue weighted by Gasteiger charge is 2.23. The molecule has 0 spiro atoms. The number of hydrogen-bond donors (Lipinski definition) is 1. The van der Waals surface area contributed by atoms with Crippen molar-refractivity contribution in [3.63, 3.8) is 0 Å². The van der Waals surface area contributed by atoms with Crippen LogP contribution in [0, 0.1) is 19.8 Å². The summed E-state index contributed by atoms with van der Waals surface area (Å²) >= 11 is 0. The second kappa shape index (κ2) is 5.01. The van der Waals surface area contributed by atoms with E-state index in [-0.39, 0.29) is 6.04 Å². The predicted octanol–water partition coefficient (Wildman–Crippen LogP) is 3.88. The molecular formula is C15H23N. The van der Waals surface area contributed by atoms with Crippen LogP contribution < -0.4 is 5.73 Å². The largest absolute Gasteiger partial charge is 0.324 e. The summed E-state index contributed by atoms with van der Waals surface area (Å²) in [5, 5.41) is 0. The highest BCUT2D eigenvalue weighted by Crippen LogP contribution is 2.35. The molecule has 0 bridgehead atoms. The van der Waals surface area contributed by atoms with Crippen LogP contribution in [0.4, 0.5) is 0 Å². The van der Waals surface area contributed by atoms with Gasteiger partial charge in [0.1, 0.15) is 0 Å². The van der Waals surface area contributed by atoms with Crippen LogP contribution in [0.2, 0.25) is 0 Å². The van der Waals surface area contributed by atoms with Gasteiger partial charge in [0, 0.05) is 6.04 Å². The van der Waals surface area contributed by atoms with E-state index in [2.05, 4.69) is 32.0 Å². The molecule has 0 heterocycles. The summed E-state index contributed by atoms with van der Waals surface area (Å²) in [5.74, 6) is 0.702. The van der Waals surface area contributed by atoms with Crippen molar-refractivity contribution in [3.8, 4) is 0 Å². The van der Waals surface area contributed by atoms with E-state index in [1.807, 2.05) is 0 Å². The maximum atomic E-state index is 6.47. The van der Waals surface area contributed by atoms with Crippen molar-refractivity contribution in [2.75, 3.05) is 0 Å². The van der Waals surface area contributed by atoms with Crippen LogP contribution in [0.15, 0.2) is 18.2 Å². The molecule has 1 aromatic carbocycles. The fourth-order valence-electron chi connectivity index (χ4n) is 3.08. The van der Waals surface area contributed by atoms with Crippen molar-refractivity contribution in [3.05, 3.63) is 34.9 Å². The minimum atomic E-state index is 0.251. The summed E-state index contributed by atoms with van der Waals surface area (Å²) in [7, 11) is 0. The molecular weight excluding hydrogens is 194 g/mol. The lowest BCUT2D eigenvalue weighted by Gasteiger charge is -2.29. The molecule has 0 aliphatic heterocycles. The average molecular weight is 217 g/mol. The lowest BCUT2D eigenvalue weighted by Crippen LogP contribution is -2.25. The third-order valence-electron chi connectivity index (χ3n) is 4.03. The third kappa shape index (κ3) is 2.30. The Hall–Kier alpha value is -0.820. The number of benzene rings is 1. The Labute approximate surface area is 99.0 Å². The summed E-state index contributed by atoms with van der Waals surface area (Å²) in [4.78, 5) is 0. The Balaban J connectivity index is 2.22. The first kappa shape index (κ1) is 11.7. The fourth-order valence-corrected chi connectivity index (χ4v) is 3.08. The first-order chi connectivity index (χ1) is 7.70. The molecule has 1 heteroatoms. The van der Waals surface area contributed by atoms with E-state index in [9.17, 15) is 0 Å². The third-order valence-corrected chi connectivity index (χ3v) is 4.03. The van der Waals surface area contributed by atoms with E-state index in [1.165, 1.54) is 48.8 Å². The van der Waals surface area contributed by atoms with E-state index in [1.54, 1.807) is 0 Å². The fraction of sp³-hybridized carbons (Fsp3) is 0.600. The molecule has 2 rings (SSSR count). The van der Waals surface area contributed by atoms with Crippen molar-refractivity contribution >= 4 is 0 Å². The van der Waals surface area contributed by atoms with Crippen molar-refractivity contribution in [1.29, 1.82) is 0 Å². The van der Waals surface area contributed by atoms with Gasteiger partial charge in [-0.2, -0.15) is 0 Å².